The predicted molar refractivity (Wildman–Crippen MR) is 83.4 cm³/mol. The highest BCUT2D eigenvalue weighted by atomic mass is 35.5. The van der Waals surface area contributed by atoms with E-state index in [2.05, 4.69) is 5.32 Å². The van der Waals surface area contributed by atoms with Crippen molar-refractivity contribution in [2.45, 2.75) is 0 Å². The van der Waals surface area contributed by atoms with Crippen LogP contribution in [0, 0.1) is 0 Å². The fourth-order valence-electron chi connectivity index (χ4n) is 2.12. The van der Waals surface area contributed by atoms with Crippen LogP contribution in [0.15, 0.2) is 46.4 Å². The van der Waals surface area contributed by atoms with E-state index in [1.54, 1.807) is 30.3 Å². The van der Waals surface area contributed by atoms with Crippen molar-refractivity contribution >= 4 is 35.5 Å². The molecule has 2 heterocycles. The minimum atomic E-state index is -0.754. The van der Waals surface area contributed by atoms with Crippen molar-refractivity contribution < 1.29 is 18.8 Å². The summed E-state index contributed by atoms with van der Waals surface area (Å²) in [5, 5.41) is 2.65. The fraction of sp³-hybridized carbons (Fsp3) is 0.0625. The van der Waals surface area contributed by atoms with Crippen LogP contribution in [-0.4, -0.2) is 29.8 Å². The Bertz CT molecular complexity index is 853. The highest BCUT2D eigenvalue weighted by Gasteiger charge is 2.33. The number of barbiturate groups is 1. The molecule has 1 aromatic heterocycles. The van der Waals surface area contributed by atoms with Crippen LogP contribution in [0.25, 0.3) is 17.4 Å². The third-order valence-corrected chi connectivity index (χ3v) is 3.56. The molecule has 1 saturated heterocycles. The lowest BCUT2D eigenvalue weighted by Gasteiger charge is -2.21. The minimum Gasteiger partial charge on any atom is -0.457 e. The van der Waals surface area contributed by atoms with Crippen molar-refractivity contribution in [3.05, 3.63) is 52.8 Å². The molecule has 0 bridgehead atoms. The van der Waals surface area contributed by atoms with E-state index in [4.69, 9.17) is 16.0 Å². The Morgan fingerprint density at radius 1 is 1.17 bits per heavy atom. The Morgan fingerprint density at radius 2 is 1.96 bits per heavy atom. The maximum Gasteiger partial charge on any atom is 0.331 e. The van der Waals surface area contributed by atoms with Gasteiger partial charge in [0.2, 0.25) is 0 Å². The summed E-state index contributed by atoms with van der Waals surface area (Å²) in [6.07, 6.45) is 1.30. The molecular weight excluding hydrogens is 320 g/mol. The monoisotopic (exact) mass is 330 g/mol. The summed E-state index contributed by atoms with van der Waals surface area (Å²) in [5.74, 6) is -0.563. The van der Waals surface area contributed by atoms with Crippen molar-refractivity contribution in [1.29, 1.82) is 0 Å². The molecule has 0 radical (unpaired) electrons. The Hall–Kier alpha value is -2.86. The first-order valence-electron chi connectivity index (χ1n) is 6.66. The highest BCUT2D eigenvalue weighted by Crippen LogP contribution is 2.26. The molecule has 6 nitrogen and oxygen atoms in total. The van der Waals surface area contributed by atoms with E-state index in [0.29, 0.717) is 16.5 Å². The summed E-state index contributed by atoms with van der Waals surface area (Å²) in [4.78, 5) is 35.9. The molecule has 0 saturated carbocycles. The predicted octanol–water partition coefficient (Wildman–Crippen LogP) is 2.69. The van der Waals surface area contributed by atoms with Crippen LogP contribution in [0.2, 0.25) is 5.02 Å². The Kier molecular flexibility index (Phi) is 3.75. The van der Waals surface area contributed by atoms with E-state index in [9.17, 15) is 14.4 Å². The summed E-state index contributed by atoms with van der Waals surface area (Å²) >= 11 is 5.94. The topological polar surface area (TPSA) is 79.6 Å². The molecule has 2 aromatic rings. The summed E-state index contributed by atoms with van der Waals surface area (Å²) in [5.41, 5.74) is 0.605. The van der Waals surface area contributed by atoms with Gasteiger partial charge in [-0.2, -0.15) is 0 Å². The maximum absolute atomic E-state index is 12.0. The van der Waals surface area contributed by atoms with Crippen molar-refractivity contribution in [1.82, 2.24) is 10.2 Å². The van der Waals surface area contributed by atoms with Crippen molar-refractivity contribution in [3.63, 3.8) is 0 Å². The number of furan rings is 1. The number of carbonyl (C=O) groups excluding carboxylic acids is 3. The molecule has 1 aromatic carbocycles. The zero-order valence-electron chi connectivity index (χ0n) is 12.0. The molecule has 4 amide bonds. The van der Waals surface area contributed by atoms with Crippen LogP contribution >= 0.6 is 11.6 Å². The van der Waals surface area contributed by atoms with E-state index in [1.807, 2.05) is 6.07 Å². The molecule has 1 aliphatic heterocycles. The zero-order chi connectivity index (χ0) is 16.6. The van der Waals surface area contributed by atoms with Gasteiger partial charge in [0.1, 0.15) is 17.1 Å². The molecule has 0 spiro atoms. The first-order valence-corrected chi connectivity index (χ1v) is 7.04. The molecular formula is C16H11ClN2O4. The molecule has 3 rings (SSSR count). The lowest BCUT2D eigenvalue weighted by atomic mass is 10.1. The standard InChI is InChI=1S/C16H11ClN2O4/c1-19-15(21)12(14(20)18-16(19)22)8-11-5-6-13(23-11)9-3-2-4-10(17)7-9/h2-8H,1H3,(H,18,20,22)/b12-8+. The van der Waals surface area contributed by atoms with Gasteiger partial charge >= 0.3 is 6.03 Å². The minimum absolute atomic E-state index is 0.168. The largest absolute Gasteiger partial charge is 0.457 e. The summed E-state index contributed by atoms with van der Waals surface area (Å²) in [6.45, 7) is 0. The number of nitrogens with zero attached hydrogens (tertiary/aromatic N) is 1. The van der Waals surface area contributed by atoms with Gasteiger partial charge in [0.05, 0.1) is 0 Å². The second-order valence-corrected chi connectivity index (χ2v) is 5.33. The van der Waals surface area contributed by atoms with Gasteiger partial charge in [-0.3, -0.25) is 19.8 Å². The number of halogens is 1. The van der Waals surface area contributed by atoms with Gasteiger partial charge in [-0.1, -0.05) is 23.7 Å². The summed E-state index contributed by atoms with van der Waals surface area (Å²) in [6, 6.07) is 9.68. The van der Waals surface area contributed by atoms with Crippen LogP contribution < -0.4 is 5.32 Å². The number of rotatable bonds is 2. The Labute approximate surface area is 136 Å². The SMILES string of the molecule is CN1C(=O)NC(=O)/C(=C\c2ccc(-c3cccc(Cl)c3)o2)C1=O. The van der Waals surface area contributed by atoms with Crippen molar-refractivity contribution in [3.8, 4) is 11.3 Å². The maximum atomic E-state index is 12.0. The van der Waals surface area contributed by atoms with Crippen molar-refractivity contribution in [2.75, 3.05) is 7.05 Å². The third-order valence-electron chi connectivity index (χ3n) is 3.33. The smallest absolute Gasteiger partial charge is 0.331 e. The van der Waals surface area contributed by atoms with Gasteiger partial charge in [0.15, 0.2) is 0 Å². The second kappa shape index (κ2) is 5.73. The molecule has 7 heteroatoms. The van der Waals surface area contributed by atoms with Crippen LogP contribution in [0.5, 0.6) is 0 Å². The quantitative estimate of drug-likeness (QED) is 0.678. The number of hydrogen-bond donors (Lipinski definition) is 1. The molecule has 116 valence electrons. The van der Waals surface area contributed by atoms with Gasteiger partial charge in [0.25, 0.3) is 11.8 Å². The highest BCUT2D eigenvalue weighted by molar-refractivity contribution is 6.31. The zero-order valence-corrected chi connectivity index (χ0v) is 12.8. The summed E-state index contributed by atoms with van der Waals surface area (Å²) < 4.78 is 5.62. The average molecular weight is 331 g/mol. The van der Waals surface area contributed by atoms with Gasteiger partial charge in [-0.05, 0) is 30.3 Å². The molecule has 0 aliphatic carbocycles. The fourth-order valence-corrected chi connectivity index (χ4v) is 2.31. The number of amides is 4. The lowest BCUT2D eigenvalue weighted by Crippen LogP contribution is -2.52. The number of urea groups is 1. The van der Waals surface area contributed by atoms with Crippen LogP contribution in [0.3, 0.4) is 0 Å². The van der Waals surface area contributed by atoms with E-state index in [-0.39, 0.29) is 5.57 Å². The van der Waals surface area contributed by atoms with E-state index in [1.165, 1.54) is 13.1 Å². The van der Waals surface area contributed by atoms with Gasteiger partial charge < -0.3 is 4.42 Å². The molecule has 1 aliphatic rings. The van der Waals surface area contributed by atoms with Gasteiger partial charge in [0, 0.05) is 17.6 Å². The van der Waals surface area contributed by atoms with E-state index < -0.39 is 17.8 Å². The normalized spacial score (nSPS) is 16.9. The number of hydrogen-bond acceptors (Lipinski definition) is 4. The Balaban J connectivity index is 1.93. The molecule has 23 heavy (non-hydrogen) atoms. The molecule has 1 fully saturated rings. The van der Waals surface area contributed by atoms with E-state index >= 15 is 0 Å². The first kappa shape index (κ1) is 15.1. The lowest BCUT2D eigenvalue weighted by molar-refractivity contribution is -0.129. The van der Waals surface area contributed by atoms with Crippen LogP contribution in [-0.2, 0) is 9.59 Å². The second-order valence-electron chi connectivity index (χ2n) is 4.89. The third kappa shape index (κ3) is 2.89. The molecule has 0 unspecified atom stereocenters. The number of likely N-dealkylation sites (N-methyl/N-ethyl adjacent to an activating group) is 1. The van der Waals surface area contributed by atoms with Gasteiger partial charge in [-0.15, -0.1) is 0 Å². The van der Waals surface area contributed by atoms with Crippen molar-refractivity contribution in [2.24, 2.45) is 0 Å². The first-order chi connectivity index (χ1) is 11.0. The van der Waals surface area contributed by atoms with E-state index in [0.717, 1.165) is 10.5 Å². The molecule has 0 atom stereocenters. The Morgan fingerprint density at radius 3 is 2.70 bits per heavy atom. The number of carbonyl (C=O) groups is 3. The molecule has 1 N–H and O–H groups in total. The van der Waals surface area contributed by atoms with Crippen LogP contribution in [0.1, 0.15) is 5.76 Å². The number of benzene rings is 1. The average Bonchev–Trinajstić information content (AvgIpc) is 2.98. The summed E-state index contributed by atoms with van der Waals surface area (Å²) in [7, 11) is 1.29. The van der Waals surface area contributed by atoms with Crippen LogP contribution in [0.4, 0.5) is 4.79 Å². The number of nitrogens with one attached hydrogen (secondary N) is 1. The van der Waals surface area contributed by atoms with Gasteiger partial charge in [-0.25, -0.2) is 4.79 Å². The number of imide groups is 2.